The number of benzene rings is 2. The summed E-state index contributed by atoms with van der Waals surface area (Å²) in [5.74, 6) is 2.79. The van der Waals surface area contributed by atoms with Gasteiger partial charge in [-0.25, -0.2) is 0 Å². The van der Waals surface area contributed by atoms with Crippen LogP contribution < -0.4 is 19.9 Å². The molecule has 2 rings (SSSR count). The number of anilines is 1. The van der Waals surface area contributed by atoms with Crippen molar-refractivity contribution in [1.82, 2.24) is 0 Å². The molecule has 0 aliphatic carbocycles. The normalized spacial score (nSPS) is 10.1. The third-order valence-corrected chi connectivity index (χ3v) is 2.65. The Morgan fingerprint density at radius 3 is 2.40 bits per heavy atom. The van der Waals surface area contributed by atoms with Gasteiger partial charge in [0.25, 0.3) is 0 Å². The molecule has 0 amide bonds. The average molecular weight is 273 g/mol. The molecule has 0 spiro atoms. The van der Waals surface area contributed by atoms with Crippen LogP contribution in [0, 0.1) is 0 Å². The highest BCUT2D eigenvalue weighted by atomic mass is 16.5. The van der Waals surface area contributed by atoms with Crippen LogP contribution in [0.3, 0.4) is 0 Å². The number of methoxy groups -OCH3 is 1. The van der Waals surface area contributed by atoms with Crippen LogP contribution in [0.1, 0.15) is 13.3 Å². The van der Waals surface area contributed by atoms with Gasteiger partial charge in [-0.05, 0) is 18.6 Å². The van der Waals surface area contributed by atoms with E-state index in [0.717, 1.165) is 12.2 Å². The first kappa shape index (κ1) is 14.1. The van der Waals surface area contributed by atoms with Gasteiger partial charge >= 0.3 is 0 Å². The van der Waals surface area contributed by atoms with Gasteiger partial charge in [-0.15, -0.1) is 0 Å². The summed E-state index contributed by atoms with van der Waals surface area (Å²) in [6, 6.07) is 12.8. The third kappa shape index (κ3) is 3.82. The van der Waals surface area contributed by atoms with Gasteiger partial charge in [0.15, 0.2) is 0 Å². The van der Waals surface area contributed by atoms with Crippen molar-refractivity contribution >= 4 is 5.69 Å². The monoisotopic (exact) mass is 273 g/mol. The molecule has 0 aliphatic heterocycles. The summed E-state index contributed by atoms with van der Waals surface area (Å²) >= 11 is 0. The van der Waals surface area contributed by atoms with E-state index in [-0.39, 0.29) is 0 Å². The van der Waals surface area contributed by atoms with E-state index in [1.165, 1.54) is 0 Å². The molecular weight excluding hydrogens is 254 g/mol. The highest BCUT2D eigenvalue weighted by Gasteiger charge is 2.04. The first-order valence-electron chi connectivity index (χ1n) is 6.56. The van der Waals surface area contributed by atoms with Gasteiger partial charge in [0, 0.05) is 30.0 Å². The Morgan fingerprint density at radius 1 is 0.950 bits per heavy atom. The topological polar surface area (TPSA) is 53.7 Å². The van der Waals surface area contributed by atoms with Crippen molar-refractivity contribution in [3.8, 4) is 23.0 Å². The fourth-order valence-electron chi connectivity index (χ4n) is 1.76. The highest BCUT2D eigenvalue weighted by molar-refractivity contribution is 5.51. The lowest BCUT2D eigenvalue weighted by Gasteiger charge is -2.11. The van der Waals surface area contributed by atoms with Crippen molar-refractivity contribution in [2.75, 3.05) is 19.5 Å². The van der Waals surface area contributed by atoms with Crippen molar-refractivity contribution < 1.29 is 14.2 Å². The molecule has 0 heterocycles. The second-order valence-corrected chi connectivity index (χ2v) is 4.37. The molecule has 0 bridgehead atoms. The van der Waals surface area contributed by atoms with Crippen LogP contribution in [0.25, 0.3) is 0 Å². The minimum atomic E-state index is 0.608. The molecule has 0 radical (unpaired) electrons. The summed E-state index contributed by atoms with van der Waals surface area (Å²) in [5, 5.41) is 0. The SMILES string of the molecule is CCCOc1cc(N)cc(Oc2cccc(OC)c2)c1. The molecule has 2 aromatic carbocycles. The molecule has 0 saturated carbocycles. The standard InChI is InChI=1S/C16H19NO3/c1-3-7-19-15-8-12(17)9-16(11-15)20-14-6-4-5-13(10-14)18-2/h4-6,8-11H,3,7,17H2,1-2H3. The van der Waals surface area contributed by atoms with Crippen LogP contribution in [-0.4, -0.2) is 13.7 Å². The molecule has 4 heteroatoms. The van der Waals surface area contributed by atoms with E-state index in [9.17, 15) is 0 Å². The van der Waals surface area contributed by atoms with Gasteiger partial charge in [0.1, 0.15) is 23.0 Å². The number of nitrogens with two attached hydrogens (primary N) is 1. The Bertz CT molecular complexity index is 569. The minimum Gasteiger partial charge on any atom is -0.497 e. The number of hydrogen-bond acceptors (Lipinski definition) is 4. The third-order valence-electron chi connectivity index (χ3n) is 2.65. The summed E-state index contributed by atoms with van der Waals surface area (Å²) in [7, 11) is 1.62. The minimum absolute atomic E-state index is 0.608. The fraction of sp³-hybridized carbons (Fsp3) is 0.250. The first-order chi connectivity index (χ1) is 9.71. The van der Waals surface area contributed by atoms with Crippen molar-refractivity contribution in [2.24, 2.45) is 0 Å². The van der Waals surface area contributed by atoms with Crippen LogP contribution in [-0.2, 0) is 0 Å². The van der Waals surface area contributed by atoms with Gasteiger partial charge in [-0.2, -0.15) is 0 Å². The Labute approximate surface area is 119 Å². The molecular formula is C16H19NO3. The number of nitrogen functional groups attached to an aromatic ring is 1. The molecule has 0 fully saturated rings. The Kier molecular flexibility index (Phi) is 4.71. The lowest BCUT2D eigenvalue weighted by molar-refractivity contribution is 0.316. The molecule has 20 heavy (non-hydrogen) atoms. The van der Waals surface area contributed by atoms with Gasteiger partial charge in [0.2, 0.25) is 0 Å². The maximum Gasteiger partial charge on any atom is 0.133 e. The summed E-state index contributed by atoms with van der Waals surface area (Å²) in [6.07, 6.45) is 0.945. The molecule has 0 aliphatic rings. The van der Waals surface area contributed by atoms with Crippen LogP contribution in [0.15, 0.2) is 42.5 Å². The maximum absolute atomic E-state index is 5.86. The molecule has 0 atom stereocenters. The molecule has 0 unspecified atom stereocenters. The Morgan fingerprint density at radius 2 is 1.65 bits per heavy atom. The maximum atomic E-state index is 5.86. The van der Waals surface area contributed by atoms with E-state index in [4.69, 9.17) is 19.9 Å². The predicted molar refractivity (Wildman–Crippen MR) is 79.7 cm³/mol. The molecule has 4 nitrogen and oxygen atoms in total. The predicted octanol–water partition coefficient (Wildman–Crippen LogP) is 3.86. The average Bonchev–Trinajstić information content (AvgIpc) is 2.44. The molecule has 2 aromatic rings. The molecule has 106 valence electrons. The van der Waals surface area contributed by atoms with Crippen molar-refractivity contribution in [3.05, 3.63) is 42.5 Å². The Balaban J connectivity index is 2.17. The summed E-state index contributed by atoms with van der Waals surface area (Å²) in [4.78, 5) is 0. The smallest absolute Gasteiger partial charge is 0.133 e. The van der Waals surface area contributed by atoms with E-state index < -0.39 is 0 Å². The van der Waals surface area contributed by atoms with Crippen LogP contribution in [0.4, 0.5) is 5.69 Å². The number of hydrogen-bond donors (Lipinski definition) is 1. The summed E-state index contributed by atoms with van der Waals surface area (Å²) < 4.78 is 16.5. The van der Waals surface area contributed by atoms with Crippen molar-refractivity contribution in [2.45, 2.75) is 13.3 Å². The van der Waals surface area contributed by atoms with E-state index in [1.807, 2.05) is 30.3 Å². The van der Waals surface area contributed by atoms with E-state index in [1.54, 1.807) is 19.2 Å². The van der Waals surface area contributed by atoms with E-state index in [2.05, 4.69) is 6.92 Å². The number of rotatable bonds is 6. The summed E-state index contributed by atoms with van der Waals surface area (Å²) in [6.45, 7) is 2.71. The zero-order valence-electron chi connectivity index (χ0n) is 11.8. The summed E-state index contributed by atoms with van der Waals surface area (Å²) in [5.41, 5.74) is 6.46. The second-order valence-electron chi connectivity index (χ2n) is 4.37. The molecule has 0 aromatic heterocycles. The zero-order valence-corrected chi connectivity index (χ0v) is 11.8. The van der Waals surface area contributed by atoms with Crippen LogP contribution >= 0.6 is 0 Å². The van der Waals surface area contributed by atoms with Gasteiger partial charge in [-0.1, -0.05) is 13.0 Å². The van der Waals surface area contributed by atoms with Crippen LogP contribution in [0.5, 0.6) is 23.0 Å². The Hall–Kier alpha value is -2.36. The van der Waals surface area contributed by atoms with Crippen molar-refractivity contribution in [3.63, 3.8) is 0 Å². The quantitative estimate of drug-likeness (QED) is 0.812. The second kappa shape index (κ2) is 6.70. The van der Waals surface area contributed by atoms with Gasteiger partial charge in [0.05, 0.1) is 13.7 Å². The van der Waals surface area contributed by atoms with E-state index in [0.29, 0.717) is 29.5 Å². The largest absolute Gasteiger partial charge is 0.497 e. The first-order valence-corrected chi connectivity index (χ1v) is 6.56. The molecule has 0 saturated heterocycles. The number of ether oxygens (including phenoxy) is 3. The fourth-order valence-corrected chi connectivity index (χ4v) is 1.76. The zero-order chi connectivity index (χ0) is 14.4. The lowest BCUT2D eigenvalue weighted by Crippen LogP contribution is -1.97. The van der Waals surface area contributed by atoms with Crippen LogP contribution in [0.2, 0.25) is 0 Å². The van der Waals surface area contributed by atoms with Crippen molar-refractivity contribution in [1.29, 1.82) is 0 Å². The van der Waals surface area contributed by atoms with Gasteiger partial charge in [-0.3, -0.25) is 0 Å². The lowest BCUT2D eigenvalue weighted by atomic mass is 10.2. The highest BCUT2D eigenvalue weighted by Crippen LogP contribution is 2.30. The molecule has 2 N–H and O–H groups in total. The van der Waals surface area contributed by atoms with E-state index >= 15 is 0 Å². The van der Waals surface area contributed by atoms with Gasteiger partial charge < -0.3 is 19.9 Å².